The second-order valence-electron chi connectivity index (χ2n) is 5.72. The topological polar surface area (TPSA) is 97.4 Å². The Morgan fingerprint density at radius 3 is 2.62 bits per heavy atom. The fraction of sp³-hybridized carbons (Fsp3) is 0.353. The van der Waals surface area contributed by atoms with Gasteiger partial charge in [-0.2, -0.15) is 0 Å². The summed E-state index contributed by atoms with van der Waals surface area (Å²) in [6.07, 6.45) is 0. The predicted molar refractivity (Wildman–Crippen MR) is 91.4 cm³/mol. The predicted octanol–water partition coefficient (Wildman–Crippen LogP) is 0.740. The van der Waals surface area contributed by atoms with Crippen LogP contribution in [0.1, 0.15) is 5.56 Å². The summed E-state index contributed by atoms with van der Waals surface area (Å²) in [5.74, 6) is -1.36. The largest absolute Gasteiger partial charge is 0.466 e. The van der Waals surface area contributed by atoms with Gasteiger partial charge in [0.2, 0.25) is 0 Å². The van der Waals surface area contributed by atoms with Crippen molar-refractivity contribution in [3.05, 3.63) is 35.0 Å². The molecule has 0 radical (unpaired) electrons. The summed E-state index contributed by atoms with van der Waals surface area (Å²) in [4.78, 5) is 39.6. The molecule has 2 aliphatic rings. The number of urea groups is 1. The van der Waals surface area contributed by atoms with Gasteiger partial charge in [-0.15, -0.1) is 0 Å². The van der Waals surface area contributed by atoms with Gasteiger partial charge in [0.25, 0.3) is 0 Å². The second-order valence-corrected chi connectivity index (χ2v) is 5.72. The van der Waals surface area contributed by atoms with Crippen molar-refractivity contribution in [2.24, 2.45) is 0 Å². The van der Waals surface area contributed by atoms with E-state index < -0.39 is 11.9 Å². The number of ether oxygens (including phenoxy) is 3. The number of hydrogen-bond donors (Lipinski definition) is 1. The molecule has 9 nitrogen and oxygen atoms in total. The Morgan fingerprint density at radius 2 is 1.92 bits per heavy atom. The minimum atomic E-state index is -0.686. The third-order valence-corrected chi connectivity index (χ3v) is 4.29. The molecule has 1 aromatic rings. The van der Waals surface area contributed by atoms with E-state index in [0.29, 0.717) is 17.9 Å². The molecule has 0 spiro atoms. The molecule has 26 heavy (non-hydrogen) atoms. The standard InChI is InChI=1S/C17H19N3O6/c1-19-13-10(7-18-17(19)23)5-4-6-12(13)20-9-26-8-11(15(21)24-2)14(20)16(22)25-3/h4-6H,7-9H2,1-3H3,(H,18,23). The van der Waals surface area contributed by atoms with Crippen LogP contribution in [0.5, 0.6) is 0 Å². The van der Waals surface area contributed by atoms with Gasteiger partial charge in [-0.1, -0.05) is 12.1 Å². The van der Waals surface area contributed by atoms with E-state index in [1.54, 1.807) is 19.2 Å². The zero-order chi connectivity index (χ0) is 18.8. The molecule has 0 atom stereocenters. The first kappa shape index (κ1) is 17.7. The van der Waals surface area contributed by atoms with E-state index in [2.05, 4.69) is 5.32 Å². The molecule has 2 aliphatic heterocycles. The summed E-state index contributed by atoms with van der Waals surface area (Å²) in [7, 11) is 4.09. The lowest BCUT2D eigenvalue weighted by Crippen LogP contribution is -2.44. The monoisotopic (exact) mass is 361 g/mol. The van der Waals surface area contributed by atoms with Gasteiger partial charge >= 0.3 is 18.0 Å². The van der Waals surface area contributed by atoms with Crippen LogP contribution in [0.3, 0.4) is 0 Å². The molecule has 0 saturated heterocycles. The van der Waals surface area contributed by atoms with Crippen molar-refractivity contribution in [2.75, 3.05) is 44.4 Å². The maximum atomic E-state index is 12.4. The van der Waals surface area contributed by atoms with Gasteiger partial charge in [-0.3, -0.25) is 4.90 Å². The van der Waals surface area contributed by atoms with E-state index in [4.69, 9.17) is 14.2 Å². The van der Waals surface area contributed by atoms with Crippen molar-refractivity contribution in [1.82, 2.24) is 5.32 Å². The number of hydrogen-bond acceptors (Lipinski definition) is 7. The molecular weight excluding hydrogens is 342 g/mol. The minimum Gasteiger partial charge on any atom is -0.466 e. The lowest BCUT2D eigenvalue weighted by atomic mass is 10.1. The number of esters is 2. The number of benzene rings is 1. The zero-order valence-corrected chi connectivity index (χ0v) is 14.7. The van der Waals surface area contributed by atoms with Crippen molar-refractivity contribution >= 4 is 29.3 Å². The highest BCUT2D eigenvalue weighted by atomic mass is 16.5. The molecule has 0 bridgehead atoms. The van der Waals surface area contributed by atoms with Crippen LogP contribution in [0.2, 0.25) is 0 Å². The van der Waals surface area contributed by atoms with Gasteiger partial charge in [-0.05, 0) is 11.6 Å². The van der Waals surface area contributed by atoms with Gasteiger partial charge in [0.05, 0.1) is 37.8 Å². The van der Waals surface area contributed by atoms with Crippen molar-refractivity contribution in [3.63, 3.8) is 0 Å². The van der Waals surface area contributed by atoms with Crippen LogP contribution < -0.4 is 15.1 Å². The average Bonchev–Trinajstić information content (AvgIpc) is 2.68. The fourth-order valence-electron chi connectivity index (χ4n) is 3.05. The number of carbonyl (C=O) groups is 3. The van der Waals surface area contributed by atoms with Crippen LogP contribution in [-0.2, 0) is 30.3 Å². The molecule has 0 unspecified atom stereocenters. The second kappa shape index (κ2) is 7.04. The van der Waals surface area contributed by atoms with E-state index >= 15 is 0 Å². The molecule has 0 fully saturated rings. The summed E-state index contributed by atoms with van der Waals surface area (Å²) in [5, 5.41) is 2.76. The number of nitrogens with one attached hydrogen (secondary N) is 1. The van der Waals surface area contributed by atoms with Crippen LogP contribution in [0.15, 0.2) is 29.5 Å². The van der Waals surface area contributed by atoms with Crippen LogP contribution >= 0.6 is 0 Å². The Labute approximate surface area is 150 Å². The van der Waals surface area contributed by atoms with Crippen LogP contribution in [0, 0.1) is 0 Å². The summed E-state index contributed by atoms with van der Waals surface area (Å²) in [6.45, 7) is 0.317. The number of nitrogens with zero attached hydrogens (tertiary/aromatic N) is 2. The van der Waals surface area contributed by atoms with E-state index in [0.717, 1.165) is 5.56 Å². The van der Waals surface area contributed by atoms with Crippen LogP contribution in [-0.4, -0.2) is 52.6 Å². The highest BCUT2D eigenvalue weighted by Crippen LogP contribution is 2.38. The summed E-state index contributed by atoms with van der Waals surface area (Å²) in [6, 6.07) is 5.17. The Morgan fingerprint density at radius 1 is 1.19 bits per heavy atom. The molecular formula is C17H19N3O6. The molecule has 0 aliphatic carbocycles. The van der Waals surface area contributed by atoms with Gasteiger partial charge < -0.3 is 24.4 Å². The first-order valence-electron chi connectivity index (χ1n) is 7.88. The average molecular weight is 361 g/mol. The van der Waals surface area contributed by atoms with E-state index in [1.165, 1.54) is 24.0 Å². The molecule has 3 rings (SSSR count). The Hall–Kier alpha value is -3.07. The number of rotatable bonds is 3. The normalized spacial score (nSPS) is 16.8. The van der Waals surface area contributed by atoms with E-state index in [1.807, 2.05) is 6.07 Å². The van der Waals surface area contributed by atoms with E-state index in [-0.39, 0.29) is 30.6 Å². The van der Waals surface area contributed by atoms with Gasteiger partial charge in [0, 0.05) is 13.6 Å². The smallest absolute Gasteiger partial charge is 0.355 e. The van der Waals surface area contributed by atoms with Crippen molar-refractivity contribution in [2.45, 2.75) is 6.54 Å². The van der Waals surface area contributed by atoms with Gasteiger partial charge in [0.15, 0.2) is 0 Å². The highest BCUT2D eigenvalue weighted by molar-refractivity contribution is 6.05. The lowest BCUT2D eigenvalue weighted by molar-refractivity contribution is -0.140. The maximum Gasteiger partial charge on any atom is 0.355 e. The first-order valence-corrected chi connectivity index (χ1v) is 7.88. The number of methoxy groups -OCH3 is 2. The molecule has 1 aromatic carbocycles. The Bertz CT molecular complexity index is 804. The first-order chi connectivity index (χ1) is 12.5. The summed E-state index contributed by atoms with van der Waals surface area (Å²) >= 11 is 0. The zero-order valence-electron chi connectivity index (χ0n) is 14.7. The Balaban J connectivity index is 2.18. The van der Waals surface area contributed by atoms with E-state index in [9.17, 15) is 14.4 Å². The number of amides is 2. The van der Waals surface area contributed by atoms with Crippen molar-refractivity contribution in [3.8, 4) is 0 Å². The molecule has 9 heteroatoms. The lowest BCUT2D eigenvalue weighted by Gasteiger charge is -2.36. The Kier molecular flexibility index (Phi) is 4.81. The summed E-state index contributed by atoms with van der Waals surface area (Å²) < 4.78 is 15.1. The number of carbonyl (C=O) groups excluding carboxylic acids is 3. The van der Waals surface area contributed by atoms with Crippen molar-refractivity contribution in [1.29, 1.82) is 0 Å². The third-order valence-electron chi connectivity index (χ3n) is 4.29. The third kappa shape index (κ3) is 2.86. The molecule has 0 saturated carbocycles. The molecule has 1 N–H and O–H groups in total. The molecule has 2 heterocycles. The van der Waals surface area contributed by atoms with Gasteiger partial charge in [-0.25, -0.2) is 14.4 Å². The molecule has 138 valence electrons. The SMILES string of the molecule is COC(=O)C1=C(C(=O)OC)N(c2cccc3c2N(C)C(=O)NC3)COC1. The summed E-state index contributed by atoms with van der Waals surface area (Å²) in [5.41, 5.74) is 2.16. The fourth-order valence-corrected chi connectivity index (χ4v) is 3.05. The van der Waals surface area contributed by atoms with Crippen molar-refractivity contribution < 1.29 is 28.6 Å². The number of fused-ring (bicyclic) bond motifs is 1. The quantitative estimate of drug-likeness (QED) is 0.793. The minimum absolute atomic E-state index is 0.0246. The van der Waals surface area contributed by atoms with Crippen LogP contribution in [0.25, 0.3) is 0 Å². The number of para-hydroxylation sites is 1. The maximum absolute atomic E-state index is 12.4. The number of anilines is 2. The molecule has 2 amide bonds. The van der Waals surface area contributed by atoms with Crippen LogP contribution in [0.4, 0.5) is 16.2 Å². The van der Waals surface area contributed by atoms with Gasteiger partial charge in [0.1, 0.15) is 12.4 Å². The highest BCUT2D eigenvalue weighted by Gasteiger charge is 2.35. The molecule has 0 aromatic heterocycles.